The van der Waals surface area contributed by atoms with Crippen molar-refractivity contribution >= 4 is 22.8 Å². The molecule has 0 bridgehead atoms. The van der Waals surface area contributed by atoms with Crippen molar-refractivity contribution < 1.29 is 28.2 Å². The first-order valence-corrected chi connectivity index (χ1v) is 9.98. The predicted molar refractivity (Wildman–Crippen MR) is 119 cm³/mol. The van der Waals surface area contributed by atoms with Gasteiger partial charge >= 0.3 is 5.97 Å². The van der Waals surface area contributed by atoms with Gasteiger partial charge in [0.05, 0.1) is 17.7 Å². The Bertz CT molecular complexity index is 1320. The van der Waals surface area contributed by atoms with Crippen LogP contribution in [0.5, 0.6) is 5.75 Å². The van der Waals surface area contributed by atoms with Gasteiger partial charge in [-0.3, -0.25) is 4.79 Å². The number of nitrogens with one attached hydrogen (secondary N) is 1. The fourth-order valence-electron chi connectivity index (χ4n) is 3.60. The van der Waals surface area contributed by atoms with E-state index in [1.807, 2.05) is 6.92 Å². The standard InChI is InChI=1S/C25H20FNO5/c1-3-31-20-13-21-19(12-18(20)15-5-4-6-16(11-15)25(29)30)22(24(28)27-2)23(32-21)14-7-9-17(26)10-8-14/h4-13H,3H2,1-2H3,(H,27,28)(H,29,30). The van der Waals surface area contributed by atoms with E-state index in [0.29, 0.717) is 51.3 Å². The van der Waals surface area contributed by atoms with Gasteiger partial charge in [0.25, 0.3) is 5.91 Å². The van der Waals surface area contributed by atoms with E-state index in [1.54, 1.807) is 42.5 Å². The zero-order valence-electron chi connectivity index (χ0n) is 17.4. The Morgan fingerprint density at radius 3 is 2.47 bits per heavy atom. The summed E-state index contributed by atoms with van der Waals surface area (Å²) in [5.74, 6) is -1.01. The average molecular weight is 433 g/mol. The van der Waals surface area contributed by atoms with Crippen LogP contribution in [0.4, 0.5) is 4.39 Å². The lowest BCUT2D eigenvalue weighted by Gasteiger charge is -2.11. The molecule has 0 atom stereocenters. The van der Waals surface area contributed by atoms with Gasteiger partial charge in [0.2, 0.25) is 0 Å². The first-order valence-electron chi connectivity index (χ1n) is 9.98. The van der Waals surface area contributed by atoms with E-state index in [1.165, 1.54) is 25.2 Å². The summed E-state index contributed by atoms with van der Waals surface area (Å²) in [5, 5.41) is 12.5. The maximum Gasteiger partial charge on any atom is 0.335 e. The van der Waals surface area contributed by atoms with Gasteiger partial charge in [-0.05, 0) is 55.0 Å². The third-order valence-corrected chi connectivity index (χ3v) is 5.07. The lowest BCUT2D eigenvalue weighted by Crippen LogP contribution is -2.18. The molecule has 162 valence electrons. The number of carbonyl (C=O) groups is 2. The Morgan fingerprint density at radius 1 is 1.06 bits per heavy atom. The van der Waals surface area contributed by atoms with E-state index in [4.69, 9.17) is 9.15 Å². The van der Waals surface area contributed by atoms with E-state index in [0.717, 1.165) is 0 Å². The normalized spacial score (nSPS) is 10.8. The summed E-state index contributed by atoms with van der Waals surface area (Å²) >= 11 is 0. The number of ether oxygens (including phenoxy) is 1. The second-order valence-electron chi connectivity index (χ2n) is 7.06. The number of furan rings is 1. The number of hydrogen-bond acceptors (Lipinski definition) is 4. The minimum atomic E-state index is -1.04. The summed E-state index contributed by atoms with van der Waals surface area (Å²) in [7, 11) is 1.52. The van der Waals surface area contributed by atoms with Gasteiger partial charge in [0.1, 0.15) is 22.9 Å². The first kappa shape index (κ1) is 21.1. The Balaban J connectivity index is 2.00. The van der Waals surface area contributed by atoms with Gasteiger partial charge in [0.15, 0.2) is 0 Å². The van der Waals surface area contributed by atoms with Crippen LogP contribution in [0.3, 0.4) is 0 Å². The van der Waals surface area contributed by atoms with Crippen molar-refractivity contribution in [2.24, 2.45) is 0 Å². The summed E-state index contributed by atoms with van der Waals surface area (Å²) in [6.07, 6.45) is 0. The molecular weight excluding hydrogens is 413 g/mol. The molecule has 0 saturated heterocycles. The molecule has 6 nitrogen and oxygen atoms in total. The maximum absolute atomic E-state index is 13.4. The Morgan fingerprint density at radius 2 is 1.81 bits per heavy atom. The highest BCUT2D eigenvalue weighted by atomic mass is 19.1. The molecule has 0 fully saturated rings. The molecule has 1 aromatic heterocycles. The van der Waals surface area contributed by atoms with E-state index in [2.05, 4.69) is 5.32 Å². The highest BCUT2D eigenvalue weighted by Gasteiger charge is 2.24. The highest BCUT2D eigenvalue weighted by molar-refractivity contribution is 6.12. The highest BCUT2D eigenvalue weighted by Crippen LogP contribution is 2.40. The largest absolute Gasteiger partial charge is 0.493 e. The van der Waals surface area contributed by atoms with Crippen LogP contribution in [0.2, 0.25) is 0 Å². The molecule has 0 radical (unpaired) electrons. The molecule has 2 N–H and O–H groups in total. The lowest BCUT2D eigenvalue weighted by atomic mass is 9.98. The molecule has 0 aliphatic carbocycles. The molecule has 7 heteroatoms. The fraction of sp³-hybridized carbons (Fsp3) is 0.120. The molecular formula is C25H20FNO5. The molecule has 0 aliphatic heterocycles. The van der Waals surface area contributed by atoms with E-state index >= 15 is 0 Å². The fourth-order valence-corrected chi connectivity index (χ4v) is 3.60. The number of aromatic carboxylic acids is 1. The van der Waals surface area contributed by atoms with Gasteiger partial charge in [-0.25, -0.2) is 9.18 Å². The molecule has 0 aliphatic rings. The minimum absolute atomic E-state index is 0.135. The van der Waals surface area contributed by atoms with Crippen molar-refractivity contribution in [3.63, 3.8) is 0 Å². The Labute approximate surface area is 183 Å². The predicted octanol–water partition coefficient (Wildman–Crippen LogP) is 5.36. The second kappa shape index (κ2) is 8.55. The van der Waals surface area contributed by atoms with Crippen LogP contribution in [-0.4, -0.2) is 30.6 Å². The molecule has 4 rings (SSSR count). The second-order valence-corrected chi connectivity index (χ2v) is 7.06. The number of carboxylic acid groups (broad SMARTS) is 1. The minimum Gasteiger partial charge on any atom is -0.493 e. The van der Waals surface area contributed by atoms with Crippen molar-refractivity contribution in [3.05, 3.63) is 77.6 Å². The van der Waals surface area contributed by atoms with Crippen LogP contribution in [0, 0.1) is 5.82 Å². The number of benzene rings is 3. The number of rotatable bonds is 6. The number of carbonyl (C=O) groups excluding carboxylic acids is 1. The number of hydrogen-bond donors (Lipinski definition) is 2. The van der Waals surface area contributed by atoms with Crippen molar-refractivity contribution in [1.82, 2.24) is 5.32 Å². The Hall–Kier alpha value is -4.13. The van der Waals surface area contributed by atoms with Gasteiger partial charge in [-0.1, -0.05) is 12.1 Å². The summed E-state index contributed by atoms with van der Waals surface area (Å²) in [5.41, 5.74) is 2.66. The molecule has 0 saturated carbocycles. The number of carboxylic acids is 1. The maximum atomic E-state index is 13.4. The topological polar surface area (TPSA) is 88.8 Å². The van der Waals surface area contributed by atoms with Crippen LogP contribution in [0.1, 0.15) is 27.6 Å². The lowest BCUT2D eigenvalue weighted by molar-refractivity contribution is 0.0696. The third-order valence-electron chi connectivity index (χ3n) is 5.07. The summed E-state index contributed by atoms with van der Waals surface area (Å²) in [6.45, 7) is 2.22. The van der Waals surface area contributed by atoms with Crippen LogP contribution in [-0.2, 0) is 0 Å². The molecule has 1 amide bonds. The zero-order valence-corrected chi connectivity index (χ0v) is 17.4. The summed E-state index contributed by atoms with van der Waals surface area (Å²) in [4.78, 5) is 24.2. The van der Waals surface area contributed by atoms with Gasteiger partial charge in [-0.15, -0.1) is 0 Å². The summed E-state index contributed by atoms with van der Waals surface area (Å²) < 4.78 is 25.3. The number of halogens is 1. The molecule has 32 heavy (non-hydrogen) atoms. The van der Waals surface area contributed by atoms with E-state index in [-0.39, 0.29) is 11.5 Å². The van der Waals surface area contributed by atoms with E-state index < -0.39 is 11.8 Å². The zero-order chi connectivity index (χ0) is 22.8. The molecule has 4 aromatic rings. The van der Waals surface area contributed by atoms with Gasteiger partial charge in [0, 0.05) is 29.6 Å². The molecule has 0 unspecified atom stereocenters. The first-order chi connectivity index (χ1) is 15.4. The van der Waals surface area contributed by atoms with Gasteiger partial charge in [-0.2, -0.15) is 0 Å². The summed E-state index contributed by atoms with van der Waals surface area (Å²) in [6, 6.07) is 15.6. The SMILES string of the molecule is CCOc1cc2oc(-c3ccc(F)cc3)c(C(=O)NC)c2cc1-c1cccc(C(=O)O)c1. The number of fused-ring (bicyclic) bond motifs is 1. The third kappa shape index (κ3) is 3.80. The van der Waals surface area contributed by atoms with Crippen LogP contribution in [0.15, 0.2) is 65.1 Å². The van der Waals surface area contributed by atoms with Crippen molar-refractivity contribution in [2.45, 2.75) is 6.92 Å². The van der Waals surface area contributed by atoms with Crippen molar-refractivity contribution in [3.8, 4) is 28.2 Å². The van der Waals surface area contributed by atoms with E-state index in [9.17, 15) is 19.1 Å². The quantitative estimate of drug-likeness (QED) is 0.427. The molecule has 3 aromatic carbocycles. The van der Waals surface area contributed by atoms with Crippen molar-refractivity contribution in [1.29, 1.82) is 0 Å². The van der Waals surface area contributed by atoms with Crippen molar-refractivity contribution in [2.75, 3.05) is 13.7 Å². The number of amides is 1. The van der Waals surface area contributed by atoms with Crippen LogP contribution < -0.4 is 10.1 Å². The van der Waals surface area contributed by atoms with Gasteiger partial charge < -0.3 is 19.6 Å². The smallest absolute Gasteiger partial charge is 0.335 e. The molecule has 1 heterocycles. The monoisotopic (exact) mass is 433 g/mol. The average Bonchev–Trinajstić information content (AvgIpc) is 3.17. The Kier molecular flexibility index (Phi) is 5.64. The van der Waals surface area contributed by atoms with Crippen LogP contribution in [0.25, 0.3) is 33.4 Å². The van der Waals surface area contributed by atoms with Crippen LogP contribution >= 0.6 is 0 Å². The molecule has 0 spiro atoms.